The van der Waals surface area contributed by atoms with Crippen molar-refractivity contribution >= 4 is 27.0 Å². The number of aromatic nitrogens is 3. The lowest BCUT2D eigenvalue weighted by Gasteiger charge is -2.30. The van der Waals surface area contributed by atoms with Crippen LogP contribution in [-0.2, 0) is 14.8 Å². The first-order chi connectivity index (χ1) is 12.1. The minimum Gasteiger partial charge on any atom is -0.385 e. The summed E-state index contributed by atoms with van der Waals surface area (Å²) in [4.78, 5) is 20.8. The highest BCUT2D eigenvalue weighted by Gasteiger charge is 2.22. The summed E-state index contributed by atoms with van der Waals surface area (Å²) in [6, 6.07) is 4.51. The molecule has 0 fully saturated rings. The van der Waals surface area contributed by atoms with Crippen LogP contribution < -0.4 is 4.84 Å². The van der Waals surface area contributed by atoms with Gasteiger partial charge in [-0.1, -0.05) is 4.85 Å². The standard InChI is InChI=1S/C16H25N5O4S/c1-11(2)20(12(3)4)16(22)10-25-21-15-9-13(26(23,24)19(5)6)7-8-14(15)17-18-21/h7-9,11-12H,10H2,1-6H3. The fourth-order valence-corrected chi connectivity index (χ4v) is 3.63. The van der Waals surface area contributed by atoms with Crippen molar-refractivity contribution in [1.29, 1.82) is 0 Å². The van der Waals surface area contributed by atoms with Crippen molar-refractivity contribution in [3.05, 3.63) is 18.2 Å². The smallest absolute Gasteiger partial charge is 0.263 e. The van der Waals surface area contributed by atoms with Crippen LogP contribution in [0.5, 0.6) is 0 Å². The van der Waals surface area contributed by atoms with Crippen LogP contribution in [0.3, 0.4) is 0 Å². The van der Waals surface area contributed by atoms with Gasteiger partial charge >= 0.3 is 0 Å². The molecule has 10 heteroatoms. The number of nitrogens with zero attached hydrogens (tertiary/aromatic N) is 5. The number of sulfonamides is 1. The van der Waals surface area contributed by atoms with Gasteiger partial charge in [0.1, 0.15) is 11.0 Å². The number of hydrogen-bond acceptors (Lipinski definition) is 6. The molecule has 0 aliphatic rings. The molecule has 2 rings (SSSR count). The summed E-state index contributed by atoms with van der Waals surface area (Å²) in [5.41, 5.74) is 0.848. The lowest BCUT2D eigenvalue weighted by atomic mass is 10.2. The maximum absolute atomic E-state index is 12.4. The van der Waals surface area contributed by atoms with Gasteiger partial charge in [-0.15, -0.1) is 5.10 Å². The summed E-state index contributed by atoms with van der Waals surface area (Å²) in [5.74, 6) is -0.185. The van der Waals surface area contributed by atoms with Crippen molar-refractivity contribution in [3.63, 3.8) is 0 Å². The van der Waals surface area contributed by atoms with Crippen LogP contribution in [0.4, 0.5) is 0 Å². The molecule has 144 valence electrons. The first-order valence-corrected chi connectivity index (χ1v) is 9.72. The summed E-state index contributed by atoms with van der Waals surface area (Å²) in [7, 11) is -0.686. The zero-order valence-electron chi connectivity index (χ0n) is 15.9. The van der Waals surface area contributed by atoms with Gasteiger partial charge in [0.05, 0.1) is 4.90 Å². The van der Waals surface area contributed by atoms with E-state index in [0.29, 0.717) is 11.0 Å². The van der Waals surface area contributed by atoms with Crippen molar-refractivity contribution < 1.29 is 18.0 Å². The lowest BCUT2D eigenvalue weighted by Crippen LogP contribution is -2.45. The Morgan fingerprint density at radius 1 is 1.19 bits per heavy atom. The Balaban J connectivity index is 2.27. The quantitative estimate of drug-likeness (QED) is 0.700. The molecular formula is C16H25N5O4S. The fraction of sp³-hybridized carbons (Fsp3) is 0.562. The number of amides is 1. The van der Waals surface area contributed by atoms with E-state index in [1.54, 1.807) is 11.0 Å². The molecular weight excluding hydrogens is 358 g/mol. The van der Waals surface area contributed by atoms with Gasteiger partial charge in [0.25, 0.3) is 5.91 Å². The predicted molar refractivity (Wildman–Crippen MR) is 97.0 cm³/mol. The molecule has 1 amide bonds. The molecule has 0 aliphatic carbocycles. The SMILES string of the molecule is CC(C)N(C(=O)COn1nnc2ccc(S(=O)(=O)N(C)C)cc21)C(C)C. The van der Waals surface area contributed by atoms with E-state index in [0.717, 1.165) is 9.15 Å². The van der Waals surface area contributed by atoms with E-state index in [9.17, 15) is 13.2 Å². The van der Waals surface area contributed by atoms with Gasteiger partial charge in [-0.25, -0.2) is 12.7 Å². The molecule has 2 aromatic rings. The van der Waals surface area contributed by atoms with Crippen LogP contribution in [-0.4, -0.2) is 71.5 Å². The van der Waals surface area contributed by atoms with Crippen LogP contribution in [0.25, 0.3) is 11.0 Å². The Kier molecular flexibility index (Phi) is 5.87. The van der Waals surface area contributed by atoms with Crippen LogP contribution in [0.15, 0.2) is 23.1 Å². The fourth-order valence-electron chi connectivity index (χ4n) is 2.71. The molecule has 1 aromatic carbocycles. The lowest BCUT2D eigenvalue weighted by molar-refractivity contribution is -0.140. The van der Waals surface area contributed by atoms with Crippen molar-refractivity contribution in [1.82, 2.24) is 24.4 Å². The first kappa shape index (κ1) is 20.1. The first-order valence-electron chi connectivity index (χ1n) is 8.28. The maximum atomic E-state index is 12.4. The highest BCUT2D eigenvalue weighted by molar-refractivity contribution is 7.89. The van der Waals surface area contributed by atoms with Crippen molar-refractivity contribution in [3.8, 4) is 0 Å². The van der Waals surface area contributed by atoms with Crippen LogP contribution in [0.1, 0.15) is 27.7 Å². The normalized spacial score (nSPS) is 12.3. The van der Waals surface area contributed by atoms with E-state index in [1.165, 1.54) is 26.2 Å². The Hall–Kier alpha value is -2.20. The number of benzene rings is 1. The molecule has 1 heterocycles. The number of rotatable bonds is 7. The van der Waals surface area contributed by atoms with E-state index in [-0.39, 0.29) is 29.5 Å². The third kappa shape index (κ3) is 3.96. The Bertz CT molecular complexity index is 881. The summed E-state index contributed by atoms with van der Waals surface area (Å²) in [6.45, 7) is 7.50. The summed E-state index contributed by atoms with van der Waals surface area (Å²) in [6.07, 6.45) is 0. The largest absolute Gasteiger partial charge is 0.385 e. The van der Waals surface area contributed by atoms with Crippen molar-refractivity contribution in [2.75, 3.05) is 20.7 Å². The van der Waals surface area contributed by atoms with Crippen LogP contribution in [0, 0.1) is 0 Å². The van der Waals surface area contributed by atoms with Gasteiger partial charge in [0.2, 0.25) is 10.0 Å². The second-order valence-corrected chi connectivity index (χ2v) is 8.81. The monoisotopic (exact) mass is 383 g/mol. The molecule has 0 unspecified atom stereocenters. The molecule has 0 spiro atoms. The van der Waals surface area contributed by atoms with Crippen LogP contribution >= 0.6 is 0 Å². The average Bonchev–Trinajstić information content (AvgIpc) is 2.94. The predicted octanol–water partition coefficient (Wildman–Crippen LogP) is 0.756. The van der Waals surface area contributed by atoms with Gasteiger partial charge in [-0.3, -0.25) is 4.79 Å². The number of fused-ring (bicyclic) bond motifs is 1. The second-order valence-electron chi connectivity index (χ2n) is 6.66. The zero-order valence-corrected chi connectivity index (χ0v) is 16.7. The molecule has 0 saturated heterocycles. The Labute approximate surface area is 153 Å². The Morgan fingerprint density at radius 2 is 1.81 bits per heavy atom. The van der Waals surface area contributed by atoms with E-state index in [2.05, 4.69) is 10.3 Å². The molecule has 0 bridgehead atoms. The highest BCUT2D eigenvalue weighted by atomic mass is 32.2. The van der Waals surface area contributed by atoms with Crippen molar-refractivity contribution in [2.45, 2.75) is 44.7 Å². The van der Waals surface area contributed by atoms with Gasteiger partial charge in [-0.05, 0) is 51.1 Å². The summed E-state index contributed by atoms with van der Waals surface area (Å²) in [5, 5.41) is 7.78. The molecule has 0 aliphatic heterocycles. The third-order valence-electron chi connectivity index (χ3n) is 3.88. The number of carbonyl (C=O) groups excluding carboxylic acids is 1. The highest BCUT2D eigenvalue weighted by Crippen LogP contribution is 2.19. The average molecular weight is 383 g/mol. The summed E-state index contributed by atoms with van der Waals surface area (Å²) < 4.78 is 25.7. The minimum absolute atomic E-state index is 0.0374. The second kappa shape index (κ2) is 7.58. The third-order valence-corrected chi connectivity index (χ3v) is 5.69. The number of carbonyl (C=O) groups is 1. The molecule has 0 atom stereocenters. The van der Waals surface area contributed by atoms with E-state index < -0.39 is 10.0 Å². The molecule has 26 heavy (non-hydrogen) atoms. The molecule has 1 aromatic heterocycles. The van der Waals surface area contributed by atoms with E-state index >= 15 is 0 Å². The molecule has 0 saturated carbocycles. The number of hydrogen-bond donors (Lipinski definition) is 0. The molecule has 0 radical (unpaired) electrons. The molecule has 9 nitrogen and oxygen atoms in total. The van der Waals surface area contributed by atoms with Crippen LogP contribution in [0.2, 0.25) is 0 Å². The minimum atomic E-state index is -3.60. The Morgan fingerprint density at radius 3 is 2.35 bits per heavy atom. The van der Waals surface area contributed by atoms with Gasteiger partial charge in [0.15, 0.2) is 6.61 Å². The topological polar surface area (TPSA) is 97.6 Å². The maximum Gasteiger partial charge on any atom is 0.263 e. The van der Waals surface area contributed by atoms with Gasteiger partial charge in [0, 0.05) is 26.2 Å². The van der Waals surface area contributed by atoms with E-state index in [1.807, 2.05) is 27.7 Å². The van der Waals surface area contributed by atoms with Gasteiger partial charge in [-0.2, -0.15) is 0 Å². The van der Waals surface area contributed by atoms with E-state index in [4.69, 9.17) is 4.84 Å². The van der Waals surface area contributed by atoms with Gasteiger partial charge < -0.3 is 9.74 Å². The zero-order chi connectivity index (χ0) is 19.6. The molecule has 0 N–H and O–H groups in total. The van der Waals surface area contributed by atoms with Crippen molar-refractivity contribution in [2.24, 2.45) is 0 Å². The summed E-state index contributed by atoms with van der Waals surface area (Å²) >= 11 is 0.